The van der Waals surface area contributed by atoms with Crippen molar-refractivity contribution in [1.82, 2.24) is 30.8 Å². The van der Waals surface area contributed by atoms with Crippen LogP contribution in [-0.4, -0.2) is 44.2 Å². The summed E-state index contributed by atoms with van der Waals surface area (Å²) < 4.78 is 6.54. The Morgan fingerprint density at radius 1 is 1.07 bits per heavy atom. The van der Waals surface area contributed by atoms with Crippen molar-refractivity contribution in [3.63, 3.8) is 0 Å². The van der Waals surface area contributed by atoms with E-state index in [1.807, 2.05) is 30.3 Å². The van der Waals surface area contributed by atoms with Crippen molar-refractivity contribution in [1.29, 1.82) is 0 Å². The van der Waals surface area contributed by atoms with Gasteiger partial charge in [-0.25, -0.2) is 14.3 Å². The zero-order valence-electron chi connectivity index (χ0n) is 15.5. The number of urea groups is 1. The lowest BCUT2D eigenvalue weighted by molar-refractivity contribution is -0.127. The molecule has 0 saturated carbocycles. The lowest BCUT2D eigenvalue weighted by atomic mass is 10.2. The van der Waals surface area contributed by atoms with Gasteiger partial charge in [0.05, 0.1) is 11.3 Å². The van der Waals surface area contributed by atoms with Crippen LogP contribution in [0.2, 0.25) is 0 Å². The number of rotatable bonds is 6. The van der Waals surface area contributed by atoms with Crippen molar-refractivity contribution < 1.29 is 19.1 Å². The van der Waals surface area contributed by atoms with Crippen molar-refractivity contribution in [2.45, 2.75) is 19.6 Å². The number of imide groups is 1. The second-order valence-corrected chi connectivity index (χ2v) is 6.01. The Hall–Kier alpha value is -4.08. The molecule has 1 aromatic heterocycles. The number of carbonyl (C=O) groups excluding carboxylic acids is 3. The van der Waals surface area contributed by atoms with Crippen LogP contribution in [-0.2, 0) is 16.1 Å². The van der Waals surface area contributed by atoms with Gasteiger partial charge < -0.3 is 10.1 Å². The first kappa shape index (κ1) is 19.7. The molecule has 29 heavy (non-hydrogen) atoms. The molecule has 3 amide bonds. The van der Waals surface area contributed by atoms with Gasteiger partial charge in [-0.1, -0.05) is 30.3 Å². The lowest BCUT2D eigenvalue weighted by Gasteiger charge is -2.13. The zero-order valence-corrected chi connectivity index (χ0v) is 15.5. The Kier molecular flexibility index (Phi) is 6.25. The number of nitrogens with zero attached hydrogens (tertiary/aromatic N) is 4. The monoisotopic (exact) mass is 394 g/mol. The zero-order chi connectivity index (χ0) is 20.6. The summed E-state index contributed by atoms with van der Waals surface area (Å²) in [7, 11) is 0. The molecule has 10 nitrogen and oxygen atoms in total. The number of benzene rings is 2. The molecule has 0 fully saturated rings. The average Bonchev–Trinajstić information content (AvgIpc) is 3.28. The van der Waals surface area contributed by atoms with E-state index in [9.17, 15) is 14.4 Å². The highest BCUT2D eigenvalue weighted by atomic mass is 16.5. The van der Waals surface area contributed by atoms with E-state index in [1.54, 1.807) is 12.1 Å². The summed E-state index contributed by atoms with van der Waals surface area (Å²) >= 11 is 0. The van der Waals surface area contributed by atoms with Crippen molar-refractivity contribution >= 4 is 17.9 Å². The number of ether oxygens (including phenoxy) is 1. The topological polar surface area (TPSA) is 128 Å². The number of tetrazole rings is 1. The van der Waals surface area contributed by atoms with E-state index < -0.39 is 24.0 Å². The predicted octanol–water partition coefficient (Wildman–Crippen LogP) is 1.23. The summed E-state index contributed by atoms with van der Waals surface area (Å²) in [5.74, 6) is -1.42. The third-order valence-electron chi connectivity index (χ3n) is 3.90. The normalized spacial score (nSPS) is 11.3. The second-order valence-electron chi connectivity index (χ2n) is 6.01. The molecule has 0 aliphatic carbocycles. The highest BCUT2D eigenvalue weighted by Crippen LogP contribution is 2.10. The molecule has 148 valence electrons. The molecule has 0 bridgehead atoms. The molecular weight excluding hydrogens is 376 g/mol. The quantitative estimate of drug-likeness (QED) is 0.602. The van der Waals surface area contributed by atoms with Gasteiger partial charge in [-0.05, 0) is 47.2 Å². The number of carbonyl (C=O) groups is 3. The van der Waals surface area contributed by atoms with Crippen molar-refractivity contribution in [3.8, 4) is 5.69 Å². The summed E-state index contributed by atoms with van der Waals surface area (Å²) in [4.78, 5) is 36.1. The maximum atomic E-state index is 12.2. The van der Waals surface area contributed by atoms with Gasteiger partial charge in [0.25, 0.3) is 5.91 Å². The first-order chi connectivity index (χ1) is 14.0. The van der Waals surface area contributed by atoms with Crippen LogP contribution in [0, 0.1) is 0 Å². The molecular formula is C19H18N6O4. The molecule has 0 radical (unpaired) electrons. The number of esters is 1. The molecule has 1 atom stereocenters. The predicted molar refractivity (Wildman–Crippen MR) is 101 cm³/mol. The highest BCUT2D eigenvalue weighted by molar-refractivity contribution is 5.98. The molecule has 0 unspecified atom stereocenters. The minimum atomic E-state index is -1.15. The van der Waals surface area contributed by atoms with E-state index >= 15 is 0 Å². The smallest absolute Gasteiger partial charge is 0.338 e. The number of nitrogens with one attached hydrogen (secondary N) is 2. The molecule has 1 heterocycles. The SMILES string of the molecule is C[C@@H](OC(=O)c1ccc(-n2cnnn2)cc1)C(=O)NC(=O)NCc1ccccc1. The van der Waals surface area contributed by atoms with Gasteiger partial charge in [0, 0.05) is 6.54 Å². The summed E-state index contributed by atoms with van der Waals surface area (Å²) in [6.07, 6.45) is 0.270. The lowest BCUT2D eigenvalue weighted by Crippen LogP contribution is -2.44. The van der Waals surface area contributed by atoms with Crippen LogP contribution in [0.1, 0.15) is 22.8 Å². The standard InChI is InChI=1S/C19H18N6O4/c1-13(17(26)22-19(28)20-11-14-5-3-2-4-6-14)29-18(27)15-7-9-16(10-8-15)25-12-21-23-24-25/h2-10,12-13H,11H2,1H3,(H2,20,22,26,28)/t13-/m1/s1. The second kappa shape index (κ2) is 9.22. The van der Waals surface area contributed by atoms with Crippen molar-refractivity contribution in [2.24, 2.45) is 0 Å². The largest absolute Gasteiger partial charge is 0.449 e. The summed E-state index contributed by atoms with van der Waals surface area (Å²) in [5, 5.41) is 15.5. The molecule has 2 N–H and O–H groups in total. The number of amides is 3. The Morgan fingerprint density at radius 3 is 2.45 bits per heavy atom. The third kappa shape index (κ3) is 5.45. The molecule has 3 rings (SSSR count). The maximum absolute atomic E-state index is 12.2. The first-order valence-electron chi connectivity index (χ1n) is 8.70. The Bertz CT molecular complexity index is 974. The average molecular weight is 394 g/mol. The minimum absolute atomic E-state index is 0.245. The van der Waals surface area contributed by atoms with Gasteiger partial charge in [0.1, 0.15) is 6.33 Å². The molecule has 2 aromatic carbocycles. The molecule has 3 aromatic rings. The fourth-order valence-electron chi connectivity index (χ4n) is 2.35. The number of hydrogen-bond donors (Lipinski definition) is 2. The Labute approximate surface area is 165 Å². The minimum Gasteiger partial charge on any atom is -0.449 e. The van der Waals surface area contributed by atoms with E-state index in [2.05, 4.69) is 26.2 Å². The van der Waals surface area contributed by atoms with Gasteiger partial charge in [-0.15, -0.1) is 5.10 Å². The molecule has 0 saturated heterocycles. The van der Waals surface area contributed by atoms with Crippen LogP contribution in [0.15, 0.2) is 60.9 Å². The molecule has 0 aliphatic heterocycles. The van der Waals surface area contributed by atoms with Gasteiger partial charge in [0.15, 0.2) is 6.10 Å². The van der Waals surface area contributed by atoms with E-state index in [4.69, 9.17) is 4.74 Å². The Balaban J connectivity index is 1.48. The van der Waals surface area contributed by atoms with E-state index in [-0.39, 0.29) is 12.1 Å². The molecule has 0 spiro atoms. The fourth-order valence-corrected chi connectivity index (χ4v) is 2.35. The van der Waals surface area contributed by atoms with Crippen LogP contribution in [0.5, 0.6) is 0 Å². The van der Waals surface area contributed by atoms with Gasteiger partial charge in [0.2, 0.25) is 0 Å². The molecule has 0 aliphatic rings. The first-order valence-corrected chi connectivity index (χ1v) is 8.70. The van der Waals surface area contributed by atoms with Crippen LogP contribution < -0.4 is 10.6 Å². The van der Waals surface area contributed by atoms with E-state index in [0.29, 0.717) is 5.69 Å². The summed E-state index contributed by atoms with van der Waals surface area (Å²) in [5.41, 5.74) is 1.79. The summed E-state index contributed by atoms with van der Waals surface area (Å²) in [6, 6.07) is 14.9. The summed E-state index contributed by atoms with van der Waals surface area (Å²) in [6.45, 7) is 1.65. The Morgan fingerprint density at radius 2 is 1.79 bits per heavy atom. The third-order valence-corrected chi connectivity index (χ3v) is 3.90. The number of hydrogen-bond acceptors (Lipinski definition) is 7. The molecule has 10 heteroatoms. The maximum Gasteiger partial charge on any atom is 0.338 e. The van der Waals surface area contributed by atoms with E-state index in [0.717, 1.165) is 5.56 Å². The fraction of sp³-hybridized carbons (Fsp3) is 0.158. The van der Waals surface area contributed by atoms with Crippen LogP contribution in [0.25, 0.3) is 5.69 Å². The van der Waals surface area contributed by atoms with Gasteiger partial charge in [-0.3, -0.25) is 10.1 Å². The van der Waals surface area contributed by atoms with Crippen molar-refractivity contribution in [3.05, 3.63) is 72.1 Å². The van der Waals surface area contributed by atoms with Crippen LogP contribution in [0.3, 0.4) is 0 Å². The van der Waals surface area contributed by atoms with Crippen LogP contribution >= 0.6 is 0 Å². The highest BCUT2D eigenvalue weighted by Gasteiger charge is 2.20. The van der Waals surface area contributed by atoms with E-state index in [1.165, 1.54) is 30.1 Å². The van der Waals surface area contributed by atoms with Gasteiger partial charge in [-0.2, -0.15) is 0 Å². The number of aromatic nitrogens is 4. The van der Waals surface area contributed by atoms with Gasteiger partial charge >= 0.3 is 12.0 Å². The van der Waals surface area contributed by atoms with Crippen LogP contribution in [0.4, 0.5) is 4.79 Å². The van der Waals surface area contributed by atoms with Crippen molar-refractivity contribution in [2.75, 3.05) is 0 Å².